The predicted molar refractivity (Wildman–Crippen MR) is 156 cm³/mol. The van der Waals surface area contributed by atoms with Crippen molar-refractivity contribution in [1.82, 2.24) is 4.90 Å². The molecule has 0 saturated carbocycles. The van der Waals surface area contributed by atoms with Crippen LogP contribution in [0.4, 0.5) is 11.4 Å². The fourth-order valence-corrected chi connectivity index (χ4v) is 5.31. The van der Waals surface area contributed by atoms with E-state index in [1.165, 1.54) is 7.11 Å². The molecule has 198 valence electrons. The molecule has 6 heteroatoms. The fourth-order valence-electron chi connectivity index (χ4n) is 5.31. The van der Waals surface area contributed by atoms with Gasteiger partial charge in [-0.05, 0) is 60.5 Å². The average Bonchev–Trinajstić information content (AvgIpc) is 3.49. The highest BCUT2D eigenvalue weighted by atomic mass is 16.5. The highest BCUT2D eigenvalue weighted by molar-refractivity contribution is 6.08. The number of carbonyl (C=O) groups excluding carboxylic acids is 2. The Morgan fingerprint density at radius 3 is 2.21 bits per heavy atom. The molecule has 0 spiro atoms. The van der Waals surface area contributed by atoms with Gasteiger partial charge in [0, 0.05) is 36.1 Å². The molecule has 4 aromatic rings. The molecule has 1 aliphatic rings. The summed E-state index contributed by atoms with van der Waals surface area (Å²) in [7, 11) is 3.43. The lowest BCUT2D eigenvalue weighted by atomic mass is 9.99. The molecule has 1 N–H and O–H groups in total. The highest BCUT2D eigenvalue weighted by Crippen LogP contribution is 2.30. The number of nitrogens with zero attached hydrogens (tertiary/aromatic N) is 2. The number of hydrogen-bond acceptors (Lipinski definition) is 5. The van der Waals surface area contributed by atoms with Gasteiger partial charge in [-0.15, -0.1) is 0 Å². The van der Waals surface area contributed by atoms with E-state index >= 15 is 0 Å². The Bertz CT molecular complexity index is 1410. The van der Waals surface area contributed by atoms with Crippen LogP contribution in [0.3, 0.4) is 0 Å². The second-order valence-electron chi connectivity index (χ2n) is 9.80. The van der Waals surface area contributed by atoms with Crippen LogP contribution in [0, 0.1) is 0 Å². The first-order valence-electron chi connectivity index (χ1n) is 13.2. The Labute approximate surface area is 229 Å². The molecule has 1 fully saturated rings. The molecule has 4 aromatic carbocycles. The number of benzene rings is 4. The lowest BCUT2D eigenvalue weighted by Gasteiger charge is -2.31. The van der Waals surface area contributed by atoms with Gasteiger partial charge in [0.2, 0.25) is 0 Å². The molecular weight excluding hydrogens is 486 g/mol. The molecule has 1 aliphatic heterocycles. The van der Waals surface area contributed by atoms with Crippen LogP contribution < -0.4 is 10.2 Å². The van der Waals surface area contributed by atoms with Crippen molar-refractivity contribution in [3.8, 4) is 11.1 Å². The number of esters is 1. The SMILES string of the molecule is COC(=O)C(c1ccccc1)N(C)C1CCN(c2ccc(NC(=O)c3ccccc3-c3ccccc3)cc2)C1. The zero-order chi connectivity index (χ0) is 27.2. The molecular formula is C33H33N3O3. The van der Waals surface area contributed by atoms with Gasteiger partial charge in [0.05, 0.1) is 7.11 Å². The van der Waals surface area contributed by atoms with E-state index in [0.717, 1.165) is 47.6 Å². The third-order valence-corrected chi connectivity index (χ3v) is 7.43. The first kappa shape index (κ1) is 26.2. The highest BCUT2D eigenvalue weighted by Gasteiger charge is 2.34. The summed E-state index contributed by atoms with van der Waals surface area (Å²) in [5, 5.41) is 3.05. The maximum atomic E-state index is 13.2. The van der Waals surface area contributed by atoms with E-state index in [1.807, 2.05) is 116 Å². The first-order chi connectivity index (χ1) is 19.0. The predicted octanol–water partition coefficient (Wildman–Crippen LogP) is 6.03. The van der Waals surface area contributed by atoms with Crippen molar-refractivity contribution in [2.45, 2.75) is 18.5 Å². The van der Waals surface area contributed by atoms with Crippen LogP contribution in [0.15, 0.2) is 109 Å². The van der Waals surface area contributed by atoms with Gasteiger partial charge in [0.15, 0.2) is 0 Å². The third kappa shape index (κ3) is 5.86. The maximum absolute atomic E-state index is 13.2. The summed E-state index contributed by atoms with van der Waals surface area (Å²) < 4.78 is 5.14. The minimum absolute atomic E-state index is 0.139. The lowest BCUT2D eigenvalue weighted by Crippen LogP contribution is -2.41. The van der Waals surface area contributed by atoms with Crippen LogP contribution in [0.25, 0.3) is 11.1 Å². The number of carbonyl (C=O) groups is 2. The number of anilines is 2. The molecule has 5 rings (SSSR count). The molecule has 39 heavy (non-hydrogen) atoms. The summed E-state index contributed by atoms with van der Waals surface area (Å²) >= 11 is 0. The van der Waals surface area contributed by atoms with Gasteiger partial charge < -0.3 is 15.0 Å². The van der Waals surface area contributed by atoms with Crippen molar-refractivity contribution in [3.05, 3.63) is 120 Å². The van der Waals surface area contributed by atoms with Crippen molar-refractivity contribution in [2.75, 3.05) is 37.5 Å². The number of rotatable bonds is 8. The summed E-state index contributed by atoms with van der Waals surface area (Å²) in [4.78, 5) is 30.3. The smallest absolute Gasteiger partial charge is 0.327 e. The molecule has 0 bridgehead atoms. The van der Waals surface area contributed by atoms with Crippen LogP contribution in [0.2, 0.25) is 0 Å². The molecule has 1 heterocycles. The van der Waals surface area contributed by atoms with Gasteiger partial charge in [-0.1, -0.05) is 78.9 Å². The van der Waals surface area contributed by atoms with Crippen molar-refractivity contribution in [1.29, 1.82) is 0 Å². The Morgan fingerprint density at radius 2 is 1.51 bits per heavy atom. The minimum Gasteiger partial charge on any atom is -0.468 e. The van der Waals surface area contributed by atoms with Crippen LogP contribution in [0.5, 0.6) is 0 Å². The molecule has 1 amide bonds. The largest absolute Gasteiger partial charge is 0.468 e. The molecule has 0 radical (unpaired) electrons. The van der Waals surface area contributed by atoms with E-state index in [9.17, 15) is 9.59 Å². The van der Waals surface area contributed by atoms with Crippen LogP contribution >= 0.6 is 0 Å². The second-order valence-corrected chi connectivity index (χ2v) is 9.80. The molecule has 2 unspecified atom stereocenters. The second kappa shape index (κ2) is 12.0. The van der Waals surface area contributed by atoms with E-state index in [1.54, 1.807) is 0 Å². The van der Waals surface area contributed by atoms with Crippen molar-refractivity contribution >= 4 is 23.3 Å². The van der Waals surface area contributed by atoms with E-state index in [4.69, 9.17) is 4.74 Å². The van der Waals surface area contributed by atoms with E-state index in [0.29, 0.717) is 5.56 Å². The molecule has 0 aromatic heterocycles. The quantitative estimate of drug-likeness (QED) is 0.288. The summed E-state index contributed by atoms with van der Waals surface area (Å²) in [6.45, 7) is 1.68. The number of amides is 1. The Morgan fingerprint density at radius 1 is 0.872 bits per heavy atom. The topological polar surface area (TPSA) is 61.9 Å². The fraction of sp³-hybridized carbons (Fsp3) is 0.212. The number of nitrogens with one attached hydrogen (secondary N) is 1. The van der Waals surface area contributed by atoms with Crippen LogP contribution in [0.1, 0.15) is 28.4 Å². The van der Waals surface area contributed by atoms with E-state index < -0.39 is 6.04 Å². The van der Waals surface area contributed by atoms with Crippen molar-refractivity contribution in [3.63, 3.8) is 0 Å². The Kier molecular flexibility index (Phi) is 8.04. The van der Waals surface area contributed by atoms with Gasteiger partial charge in [-0.3, -0.25) is 9.69 Å². The summed E-state index contributed by atoms with van der Waals surface area (Å²) in [5.41, 5.74) is 5.31. The third-order valence-electron chi connectivity index (χ3n) is 7.43. The molecule has 1 saturated heterocycles. The van der Waals surface area contributed by atoms with Gasteiger partial charge in [0.25, 0.3) is 5.91 Å². The molecule has 6 nitrogen and oxygen atoms in total. The van der Waals surface area contributed by atoms with Crippen molar-refractivity contribution in [2.24, 2.45) is 0 Å². The monoisotopic (exact) mass is 519 g/mol. The van der Waals surface area contributed by atoms with E-state index in [2.05, 4.69) is 15.1 Å². The Balaban J connectivity index is 1.25. The summed E-state index contributed by atoms with van der Waals surface area (Å²) in [6.07, 6.45) is 0.936. The summed E-state index contributed by atoms with van der Waals surface area (Å²) in [6, 6.07) is 35.1. The van der Waals surface area contributed by atoms with Gasteiger partial charge in [-0.2, -0.15) is 0 Å². The maximum Gasteiger partial charge on any atom is 0.327 e. The van der Waals surface area contributed by atoms with Gasteiger partial charge in [0.1, 0.15) is 6.04 Å². The van der Waals surface area contributed by atoms with Crippen LogP contribution in [-0.2, 0) is 9.53 Å². The zero-order valence-corrected chi connectivity index (χ0v) is 22.3. The minimum atomic E-state index is -0.447. The number of ether oxygens (including phenoxy) is 1. The Hall–Kier alpha value is -4.42. The normalized spacial score (nSPS) is 15.7. The van der Waals surface area contributed by atoms with Gasteiger partial charge >= 0.3 is 5.97 Å². The number of hydrogen-bond donors (Lipinski definition) is 1. The van der Waals surface area contributed by atoms with Crippen LogP contribution in [-0.4, -0.2) is 50.1 Å². The standard InChI is InChI=1S/C33H33N3O3/c1-35(31(33(38)39-2)25-13-7-4-8-14-25)28-21-22-36(23-28)27-19-17-26(18-20-27)34-32(37)30-16-10-9-15-29(30)24-11-5-3-6-12-24/h3-20,28,31H,21-23H2,1-2H3,(H,34,37). The average molecular weight is 520 g/mol. The first-order valence-corrected chi connectivity index (χ1v) is 13.2. The van der Waals surface area contributed by atoms with Crippen molar-refractivity contribution < 1.29 is 14.3 Å². The number of methoxy groups -OCH3 is 1. The van der Waals surface area contributed by atoms with Gasteiger partial charge in [-0.25, -0.2) is 4.79 Å². The van der Waals surface area contributed by atoms with E-state index in [-0.39, 0.29) is 17.9 Å². The molecule has 2 atom stereocenters. The lowest BCUT2D eigenvalue weighted by molar-refractivity contribution is -0.147. The zero-order valence-electron chi connectivity index (χ0n) is 22.3. The molecule has 0 aliphatic carbocycles. The summed E-state index contributed by atoms with van der Waals surface area (Å²) in [5.74, 6) is -0.393. The number of likely N-dealkylation sites (N-methyl/N-ethyl adjacent to an activating group) is 1.